The lowest BCUT2D eigenvalue weighted by Gasteiger charge is -2.43. The summed E-state index contributed by atoms with van der Waals surface area (Å²) < 4.78 is 51.3. The number of carbonyl (C=O) groups excluding carboxylic acids is 2. The first-order valence-electron chi connectivity index (χ1n) is 9.88. The van der Waals surface area contributed by atoms with Crippen LogP contribution in [0.1, 0.15) is 20.7 Å². The smallest absolute Gasteiger partial charge is 0.338 e. The molecule has 0 saturated carbocycles. The van der Waals surface area contributed by atoms with Gasteiger partial charge in [-0.25, -0.2) is 9.59 Å². The Bertz CT molecular complexity index is 1050. The molecule has 0 spiro atoms. The van der Waals surface area contributed by atoms with Crippen LogP contribution >= 0.6 is 11.6 Å². The van der Waals surface area contributed by atoms with Gasteiger partial charge in [-0.3, -0.25) is 4.18 Å². The Morgan fingerprint density at radius 1 is 0.879 bits per heavy atom. The first-order valence-corrected chi connectivity index (χ1v) is 12.2. The van der Waals surface area contributed by atoms with E-state index in [0.717, 1.165) is 6.26 Å². The number of rotatable bonds is 8. The first kappa shape index (κ1) is 25.1. The molecule has 33 heavy (non-hydrogen) atoms. The summed E-state index contributed by atoms with van der Waals surface area (Å²) in [6.45, 7) is 0. The SMILES string of the molecule is CO[C@H]1O[C@H](CCl)[C@@H](OS(C)(=O)=O)[C@H](OC(=O)c2ccccc2)[C@H]1OC(=O)c1ccccc1. The van der Waals surface area contributed by atoms with Gasteiger partial charge in [-0.1, -0.05) is 36.4 Å². The molecule has 3 rings (SSSR count). The van der Waals surface area contributed by atoms with Gasteiger partial charge in [0.15, 0.2) is 18.5 Å². The summed E-state index contributed by atoms with van der Waals surface area (Å²) in [4.78, 5) is 25.6. The van der Waals surface area contributed by atoms with Gasteiger partial charge >= 0.3 is 11.9 Å². The number of carbonyl (C=O) groups is 2. The maximum absolute atomic E-state index is 12.8. The van der Waals surface area contributed by atoms with Crippen molar-refractivity contribution < 1.29 is 41.1 Å². The zero-order valence-corrected chi connectivity index (χ0v) is 19.4. The third-order valence-electron chi connectivity index (χ3n) is 4.77. The molecule has 11 heteroatoms. The van der Waals surface area contributed by atoms with Crippen molar-refractivity contribution in [3.05, 3.63) is 71.8 Å². The molecular weight excluding hydrogens is 476 g/mol. The van der Waals surface area contributed by atoms with Crippen molar-refractivity contribution in [2.24, 2.45) is 0 Å². The van der Waals surface area contributed by atoms with Crippen LogP contribution in [0.15, 0.2) is 60.7 Å². The van der Waals surface area contributed by atoms with Gasteiger partial charge in [0.05, 0.1) is 23.3 Å². The summed E-state index contributed by atoms with van der Waals surface area (Å²) in [5, 5.41) is 0. The molecule has 0 unspecified atom stereocenters. The second kappa shape index (κ2) is 11.1. The van der Waals surface area contributed by atoms with Crippen LogP contribution in [0.3, 0.4) is 0 Å². The largest absolute Gasteiger partial charge is 0.452 e. The predicted octanol–water partition coefficient (Wildman–Crippen LogP) is 2.39. The van der Waals surface area contributed by atoms with Crippen LogP contribution in [0, 0.1) is 0 Å². The van der Waals surface area contributed by atoms with Crippen LogP contribution in [-0.2, 0) is 33.2 Å². The number of esters is 2. The Labute approximate surface area is 196 Å². The van der Waals surface area contributed by atoms with Gasteiger partial charge in [-0.2, -0.15) is 8.42 Å². The van der Waals surface area contributed by atoms with Crippen LogP contribution < -0.4 is 0 Å². The number of hydrogen-bond acceptors (Lipinski definition) is 9. The summed E-state index contributed by atoms with van der Waals surface area (Å²) in [6, 6.07) is 16.1. The predicted molar refractivity (Wildman–Crippen MR) is 117 cm³/mol. The summed E-state index contributed by atoms with van der Waals surface area (Å²) >= 11 is 5.99. The van der Waals surface area contributed by atoms with Gasteiger partial charge in [0.1, 0.15) is 12.2 Å². The minimum absolute atomic E-state index is 0.201. The Hall–Kier alpha value is -2.50. The summed E-state index contributed by atoms with van der Waals surface area (Å²) in [5.41, 5.74) is 0.423. The van der Waals surface area contributed by atoms with E-state index >= 15 is 0 Å². The molecule has 1 heterocycles. The fourth-order valence-corrected chi connectivity index (χ4v) is 4.19. The highest BCUT2D eigenvalue weighted by Gasteiger charge is 2.52. The molecule has 1 fully saturated rings. The molecule has 0 aromatic heterocycles. The molecule has 5 atom stereocenters. The highest BCUT2D eigenvalue weighted by atomic mass is 35.5. The molecule has 2 aromatic rings. The Morgan fingerprint density at radius 2 is 1.36 bits per heavy atom. The normalized spacial score (nSPS) is 25.2. The van der Waals surface area contributed by atoms with Crippen LogP contribution in [0.25, 0.3) is 0 Å². The van der Waals surface area contributed by atoms with Crippen molar-refractivity contribution in [1.82, 2.24) is 0 Å². The molecule has 9 nitrogen and oxygen atoms in total. The van der Waals surface area contributed by atoms with Crippen LogP contribution in [0.2, 0.25) is 0 Å². The molecule has 0 bridgehead atoms. The van der Waals surface area contributed by atoms with E-state index < -0.39 is 52.8 Å². The van der Waals surface area contributed by atoms with Crippen molar-refractivity contribution in [3.63, 3.8) is 0 Å². The van der Waals surface area contributed by atoms with E-state index in [1.54, 1.807) is 36.4 Å². The fraction of sp³-hybridized carbons (Fsp3) is 0.364. The highest BCUT2D eigenvalue weighted by Crippen LogP contribution is 2.31. The van der Waals surface area contributed by atoms with Crippen LogP contribution in [0.4, 0.5) is 0 Å². The standard InChI is InChI=1S/C22H23ClO9S/c1-28-22-19(31-21(25)15-11-7-4-8-12-15)18(30-20(24)14-9-5-3-6-10-14)17(16(13-23)29-22)32-33(2,26)27/h3-12,16-19,22H,13H2,1-2H3/t16-,17-,18+,19-,22+/m1/s1. The van der Waals surface area contributed by atoms with E-state index in [1.807, 2.05) is 0 Å². The highest BCUT2D eigenvalue weighted by molar-refractivity contribution is 7.86. The third-order valence-corrected chi connectivity index (χ3v) is 5.64. The number of benzene rings is 2. The molecule has 2 aromatic carbocycles. The van der Waals surface area contributed by atoms with E-state index in [2.05, 4.69) is 0 Å². The maximum Gasteiger partial charge on any atom is 0.338 e. The lowest BCUT2D eigenvalue weighted by molar-refractivity contribution is -0.278. The van der Waals surface area contributed by atoms with E-state index in [9.17, 15) is 18.0 Å². The zero-order valence-electron chi connectivity index (χ0n) is 17.8. The third kappa shape index (κ3) is 6.52. The molecule has 1 aliphatic rings. The summed E-state index contributed by atoms with van der Waals surface area (Å²) in [7, 11) is -2.74. The van der Waals surface area contributed by atoms with E-state index in [0.29, 0.717) is 0 Å². The number of halogens is 1. The van der Waals surface area contributed by atoms with Gasteiger partial charge < -0.3 is 18.9 Å². The topological polar surface area (TPSA) is 114 Å². The number of methoxy groups -OCH3 is 1. The number of hydrogen-bond donors (Lipinski definition) is 0. The lowest BCUT2D eigenvalue weighted by atomic mass is 9.99. The second-order valence-electron chi connectivity index (χ2n) is 7.17. The van der Waals surface area contributed by atoms with Crippen molar-refractivity contribution in [3.8, 4) is 0 Å². The lowest BCUT2D eigenvalue weighted by Crippen LogP contribution is -2.62. The molecule has 0 amide bonds. The fourth-order valence-electron chi connectivity index (χ4n) is 3.30. The summed E-state index contributed by atoms with van der Waals surface area (Å²) in [6.07, 6.45) is -5.60. The average molecular weight is 499 g/mol. The first-order chi connectivity index (χ1) is 15.7. The Kier molecular flexibility index (Phi) is 8.44. The molecule has 178 valence electrons. The minimum atomic E-state index is -4.04. The van der Waals surface area contributed by atoms with E-state index in [-0.39, 0.29) is 17.0 Å². The molecule has 1 aliphatic heterocycles. The quantitative estimate of drug-likeness (QED) is 0.307. The molecule has 0 radical (unpaired) electrons. The molecule has 0 N–H and O–H groups in total. The number of ether oxygens (including phenoxy) is 4. The number of alkyl halides is 1. The minimum Gasteiger partial charge on any atom is -0.452 e. The van der Waals surface area contributed by atoms with Gasteiger partial charge in [0.2, 0.25) is 0 Å². The van der Waals surface area contributed by atoms with Crippen molar-refractivity contribution in [1.29, 1.82) is 0 Å². The maximum atomic E-state index is 12.8. The monoisotopic (exact) mass is 498 g/mol. The van der Waals surface area contributed by atoms with Crippen molar-refractivity contribution in [2.75, 3.05) is 19.2 Å². The molecular formula is C22H23ClO9S. The Morgan fingerprint density at radius 3 is 1.79 bits per heavy atom. The van der Waals surface area contributed by atoms with E-state index in [1.165, 1.54) is 31.4 Å². The average Bonchev–Trinajstić information content (AvgIpc) is 2.81. The molecule has 0 aliphatic carbocycles. The van der Waals surface area contributed by atoms with Crippen LogP contribution in [0.5, 0.6) is 0 Å². The van der Waals surface area contributed by atoms with Crippen LogP contribution in [-0.4, -0.2) is 70.3 Å². The van der Waals surface area contributed by atoms with Gasteiger partial charge in [0, 0.05) is 7.11 Å². The molecule has 1 saturated heterocycles. The van der Waals surface area contributed by atoms with Gasteiger partial charge in [-0.15, -0.1) is 11.6 Å². The van der Waals surface area contributed by atoms with Crippen molar-refractivity contribution >= 4 is 33.7 Å². The second-order valence-corrected chi connectivity index (χ2v) is 9.08. The van der Waals surface area contributed by atoms with Crippen molar-refractivity contribution in [2.45, 2.75) is 30.7 Å². The Balaban J connectivity index is 1.98. The van der Waals surface area contributed by atoms with E-state index in [4.69, 9.17) is 34.7 Å². The zero-order chi connectivity index (χ0) is 24.0. The van der Waals surface area contributed by atoms with Gasteiger partial charge in [0.25, 0.3) is 10.1 Å². The summed E-state index contributed by atoms with van der Waals surface area (Å²) in [5.74, 6) is -1.75. The van der Waals surface area contributed by atoms with Gasteiger partial charge in [-0.05, 0) is 24.3 Å².